The normalized spacial score (nSPS) is 9.17. The van der Waals surface area contributed by atoms with Crippen molar-refractivity contribution in [3.63, 3.8) is 0 Å². The van der Waals surface area contributed by atoms with Crippen LogP contribution in [0.15, 0.2) is 0 Å². The summed E-state index contributed by atoms with van der Waals surface area (Å²) < 4.78 is 0. The summed E-state index contributed by atoms with van der Waals surface area (Å²) in [5.41, 5.74) is 0. The fourth-order valence-electron chi connectivity index (χ4n) is 0.568. The number of carbonyl (C=O) groups is 2. The van der Waals surface area contributed by atoms with Gasteiger partial charge in [-0.3, -0.25) is 9.59 Å². The molecule has 0 saturated heterocycles. The predicted molar refractivity (Wildman–Crippen MR) is 45.6 cm³/mol. The van der Waals surface area contributed by atoms with Crippen molar-refractivity contribution in [2.75, 3.05) is 26.7 Å². The molecular weight excluding hydrogens is 158 g/mol. The van der Waals surface area contributed by atoms with Crippen LogP contribution in [0, 0.1) is 0 Å². The summed E-state index contributed by atoms with van der Waals surface area (Å²) in [5, 5.41) is 7.70. The molecule has 0 rings (SSSR count). The maximum absolute atomic E-state index is 10.9. The van der Waals surface area contributed by atoms with E-state index in [1.54, 1.807) is 0 Å². The number of nitrogens with one attached hydrogen (secondary N) is 3. The van der Waals surface area contributed by atoms with Crippen molar-refractivity contribution < 1.29 is 9.59 Å². The molecule has 0 unspecified atom stereocenters. The average molecular weight is 173 g/mol. The molecule has 3 N–H and O–H groups in total. The highest BCUT2D eigenvalue weighted by Crippen LogP contribution is 1.65. The molecule has 0 aromatic rings. The summed E-state index contributed by atoms with van der Waals surface area (Å²) in [6.45, 7) is 2.95. The van der Waals surface area contributed by atoms with Crippen molar-refractivity contribution in [2.45, 2.75) is 6.92 Å². The van der Waals surface area contributed by atoms with E-state index >= 15 is 0 Å². The zero-order valence-electron chi connectivity index (χ0n) is 7.44. The van der Waals surface area contributed by atoms with E-state index in [0.717, 1.165) is 6.54 Å². The van der Waals surface area contributed by atoms with Gasteiger partial charge in [0.15, 0.2) is 0 Å². The van der Waals surface area contributed by atoms with Gasteiger partial charge in [-0.1, -0.05) is 6.92 Å². The van der Waals surface area contributed by atoms with Crippen molar-refractivity contribution in [3.05, 3.63) is 0 Å². The molecule has 0 aromatic carbocycles. The highest BCUT2D eigenvalue weighted by molar-refractivity contribution is 5.85. The van der Waals surface area contributed by atoms with E-state index < -0.39 is 0 Å². The summed E-state index contributed by atoms with van der Waals surface area (Å²) in [7, 11) is 1.53. The van der Waals surface area contributed by atoms with Crippen molar-refractivity contribution in [3.8, 4) is 0 Å². The second-order valence-corrected chi connectivity index (χ2v) is 2.23. The Kier molecular flexibility index (Phi) is 6.00. The Morgan fingerprint density at radius 1 is 1.17 bits per heavy atom. The van der Waals surface area contributed by atoms with Crippen LogP contribution in [0.4, 0.5) is 0 Å². The third-order valence-corrected chi connectivity index (χ3v) is 1.26. The van der Waals surface area contributed by atoms with Crippen LogP contribution in [-0.2, 0) is 9.59 Å². The molecule has 0 aromatic heterocycles. The summed E-state index contributed by atoms with van der Waals surface area (Å²) >= 11 is 0. The summed E-state index contributed by atoms with van der Waals surface area (Å²) in [6, 6.07) is 0. The van der Waals surface area contributed by atoms with E-state index in [9.17, 15) is 9.59 Å². The Bertz CT molecular complexity index is 159. The Morgan fingerprint density at radius 3 is 2.33 bits per heavy atom. The lowest BCUT2D eigenvalue weighted by atomic mass is 10.5. The SMILES string of the molecule is CCNCC(=O)NCC(=O)NC. The fourth-order valence-corrected chi connectivity index (χ4v) is 0.568. The predicted octanol–water partition coefficient (Wildman–Crippen LogP) is -1.54. The molecule has 0 saturated carbocycles. The minimum absolute atomic E-state index is 0.0424. The molecular formula is C7H15N3O2. The van der Waals surface area contributed by atoms with Gasteiger partial charge in [-0.25, -0.2) is 0 Å². The first-order valence-electron chi connectivity index (χ1n) is 3.88. The van der Waals surface area contributed by atoms with Gasteiger partial charge in [-0.2, -0.15) is 0 Å². The molecule has 12 heavy (non-hydrogen) atoms. The smallest absolute Gasteiger partial charge is 0.239 e. The van der Waals surface area contributed by atoms with Crippen LogP contribution >= 0.6 is 0 Å². The van der Waals surface area contributed by atoms with Crippen molar-refractivity contribution in [2.24, 2.45) is 0 Å². The van der Waals surface area contributed by atoms with E-state index in [-0.39, 0.29) is 24.9 Å². The average Bonchev–Trinajstić information content (AvgIpc) is 2.10. The molecule has 0 fully saturated rings. The van der Waals surface area contributed by atoms with E-state index in [1.807, 2.05) is 6.92 Å². The monoisotopic (exact) mass is 173 g/mol. The largest absolute Gasteiger partial charge is 0.358 e. The molecule has 2 amide bonds. The first kappa shape index (κ1) is 10.9. The highest BCUT2D eigenvalue weighted by atomic mass is 16.2. The minimum atomic E-state index is -0.195. The minimum Gasteiger partial charge on any atom is -0.358 e. The molecule has 0 aliphatic heterocycles. The van der Waals surface area contributed by atoms with Crippen LogP contribution in [-0.4, -0.2) is 38.5 Å². The molecule has 0 bridgehead atoms. The third-order valence-electron chi connectivity index (χ3n) is 1.26. The van der Waals surface area contributed by atoms with Gasteiger partial charge in [-0.15, -0.1) is 0 Å². The topological polar surface area (TPSA) is 70.2 Å². The first-order valence-corrected chi connectivity index (χ1v) is 3.88. The molecule has 0 heterocycles. The third kappa shape index (κ3) is 5.67. The number of rotatable bonds is 5. The van der Waals surface area contributed by atoms with Gasteiger partial charge in [-0.05, 0) is 6.54 Å². The highest BCUT2D eigenvalue weighted by Gasteiger charge is 2.01. The van der Waals surface area contributed by atoms with Gasteiger partial charge in [0.25, 0.3) is 0 Å². The van der Waals surface area contributed by atoms with Gasteiger partial charge in [0.2, 0.25) is 11.8 Å². The maximum atomic E-state index is 10.9. The Hall–Kier alpha value is -1.10. The van der Waals surface area contributed by atoms with E-state index in [0.29, 0.717) is 0 Å². The fraction of sp³-hybridized carbons (Fsp3) is 0.714. The number of likely N-dealkylation sites (N-methyl/N-ethyl adjacent to an activating group) is 2. The van der Waals surface area contributed by atoms with Gasteiger partial charge < -0.3 is 16.0 Å². The van der Waals surface area contributed by atoms with Crippen LogP contribution < -0.4 is 16.0 Å². The van der Waals surface area contributed by atoms with Crippen LogP contribution in [0.5, 0.6) is 0 Å². The second kappa shape index (κ2) is 6.60. The van der Waals surface area contributed by atoms with E-state index in [2.05, 4.69) is 16.0 Å². The van der Waals surface area contributed by atoms with Gasteiger partial charge in [0.05, 0.1) is 13.1 Å². The molecule has 70 valence electrons. The first-order chi connectivity index (χ1) is 5.70. The van der Waals surface area contributed by atoms with Crippen molar-refractivity contribution in [1.82, 2.24) is 16.0 Å². The molecule has 5 heteroatoms. The van der Waals surface area contributed by atoms with Gasteiger partial charge in [0, 0.05) is 7.05 Å². The number of carbonyl (C=O) groups excluding carboxylic acids is 2. The Labute approximate surface area is 71.9 Å². The Morgan fingerprint density at radius 2 is 1.83 bits per heavy atom. The standard InChI is InChI=1S/C7H15N3O2/c1-3-9-4-7(12)10-5-6(11)8-2/h9H,3-5H2,1-2H3,(H,8,11)(H,10,12). The molecule has 0 aliphatic carbocycles. The van der Waals surface area contributed by atoms with Crippen molar-refractivity contribution in [1.29, 1.82) is 0 Å². The molecule has 0 radical (unpaired) electrons. The zero-order valence-corrected chi connectivity index (χ0v) is 7.44. The lowest BCUT2D eigenvalue weighted by molar-refractivity contribution is -0.125. The van der Waals surface area contributed by atoms with Crippen LogP contribution in [0.2, 0.25) is 0 Å². The quantitative estimate of drug-likeness (QED) is 0.472. The van der Waals surface area contributed by atoms with Gasteiger partial charge in [0.1, 0.15) is 0 Å². The lowest BCUT2D eigenvalue weighted by Crippen LogP contribution is -2.39. The van der Waals surface area contributed by atoms with Crippen LogP contribution in [0.1, 0.15) is 6.92 Å². The number of amides is 2. The number of hydrogen-bond donors (Lipinski definition) is 3. The second-order valence-electron chi connectivity index (χ2n) is 2.23. The Balaban J connectivity index is 3.37. The summed E-state index contributed by atoms with van der Waals surface area (Å²) in [4.78, 5) is 21.5. The molecule has 0 spiro atoms. The molecule has 0 atom stereocenters. The lowest BCUT2D eigenvalue weighted by Gasteiger charge is -2.03. The van der Waals surface area contributed by atoms with Crippen molar-refractivity contribution >= 4 is 11.8 Å². The van der Waals surface area contributed by atoms with Crippen LogP contribution in [0.3, 0.4) is 0 Å². The summed E-state index contributed by atoms with van der Waals surface area (Å²) in [6.07, 6.45) is 0. The zero-order chi connectivity index (χ0) is 9.40. The molecule has 5 nitrogen and oxygen atoms in total. The van der Waals surface area contributed by atoms with Crippen LogP contribution in [0.25, 0.3) is 0 Å². The summed E-state index contributed by atoms with van der Waals surface area (Å²) in [5.74, 6) is -0.361. The van der Waals surface area contributed by atoms with E-state index in [1.165, 1.54) is 7.05 Å². The maximum Gasteiger partial charge on any atom is 0.239 e. The van der Waals surface area contributed by atoms with E-state index in [4.69, 9.17) is 0 Å². The molecule has 0 aliphatic rings. The number of hydrogen-bond acceptors (Lipinski definition) is 3. The van der Waals surface area contributed by atoms with Gasteiger partial charge >= 0.3 is 0 Å².